The Hall–Kier alpha value is -4.11. The Balaban J connectivity index is 1.44. The third-order valence-electron chi connectivity index (χ3n) is 6.42. The second-order valence-corrected chi connectivity index (χ2v) is 9.06. The molecule has 190 valence electrons. The number of hydrogen-bond acceptors (Lipinski definition) is 8. The molecule has 10 heteroatoms. The summed E-state index contributed by atoms with van der Waals surface area (Å²) in [6.07, 6.45) is 3.32. The second kappa shape index (κ2) is 10.5. The fourth-order valence-corrected chi connectivity index (χ4v) is 4.64. The standard InChI is InChI=1S/C27H27ClN6O3/c1-17(35)33-8-10-34(11-9-33)23-14-24(36-2)22(13-25(23)37-3)31-27-30-16-20(28)26(32-27)19-12-18-6-4-5-7-21(18)29-15-19/h4-7,12-16H,8-11H2,1-3H3,(H,30,31,32). The van der Waals surface area contributed by atoms with Gasteiger partial charge in [-0.05, 0) is 12.1 Å². The SMILES string of the molecule is COc1cc(N2CCN(C(C)=O)CC2)c(OC)cc1Nc1ncc(Cl)c(-c2cnc3ccccc3c2)n1. The van der Waals surface area contributed by atoms with E-state index in [0.29, 0.717) is 60.0 Å². The maximum atomic E-state index is 11.7. The molecule has 0 bridgehead atoms. The average Bonchev–Trinajstić information content (AvgIpc) is 2.93. The number of anilines is 3. The summed E-state index contributed by atoms with van der Waals surface area (Å²) in [5.41, 5.74) is 3.81. The third kappa shape index (κ3) is 5.08. The van der Waals surface area contributed by atoms with E-state index in [1.807, 2.05) is 47.4 Å². The summed E-state index contributed by atoms with van der Waals surface area (Å²) in [6, 6.07) is 13.7. The maximum Gasteiger partial charge on any atom is 0.227 e. The summed E-state index contributed by atoms with van der Waals surface area (Å²) < 4.78 is 11.4. The van der Waals surface area contributed by atoms with Crippen LogP contribution in [0, 0.1) is 0 Å². The van der Waals surface area contributed by atoms with E-state index in [9.17, 15) is 4.79 Å². The number of fused-ring (bicyclic) bond motifs is 1. The Kier molecular flexibility index (Phi) is 6.96. The molecule has 0 unspecified atom stereocenters. The summed E-state index contributed by atoms with van der Waals surface area (Å²) in [5.74, 6) is 1.73. The fourth-order valence-electron chi connectivity index (χ4n) is 4.44. The zero-order valence-electron chi connectivity index (χ0n) is 20.9. The molecule has 0 aliphatic carbocycles. The fraction of sp³-hybridized carbons (Fsp3) is 0.259. The third-order valence-corrected chi connectivity index (χ3v) is 6.70. The minimum absolute atomic E-state index is 0.0885. The Morgan fingerprint density at radius 2 is 1.73 bits per heavy atom. The Bertz CT molecular complexity index is 1460. The molecule has 4 aromatic rings. The van der Waals surface area contributed by atoms with Crippen LogP contribution in [0.2, 0.25) is 5.02 Å². The van der Waals surface area contributed by atoms with E-state index in [1.165, 1.54) is 0 Å². The van der Waals surface area contributed by atoms with Crippen molar-refractivity contribution in [2.24, 2.45) is 0 Å². The van der Waals surface area contributed by atoms with Gasteiger partial charge in [0.1, 0.15) is 11.5 Å². The van der Waals surface area contributed by atoms with Crippen LogP contribution in [0.25, 0.3) is 22.2 Å². The number of benzene rings is 2. The molecule has 1 aliphatic rings. The molecule has 5 rings (SSSR count). The molecule has 3 heterocycles. The lowest BCUT2D eigenvalue weighted by Crippen LogP contribution is -2.48. The molecule has 9 nitrogen and oxygen atoms in total. The predicted octanol–water partition coefficient (Wildman–Crippen LogP) is 4.77. The number of halogens is 1. The van der Waals surface area contributed by atoms with Gasteiger partial charge >= 0.3 is 0 Å². The molecule has 0 radical (unpaired) electrons. The van der Waals surface area contributed by atoms with Crippen LogP contribution in [0.3, 0.4) is 0 Å². The molecule has 1 fully saturated rings. The monoisotopic (exact) mass is 518 g/mol. The summed E-state index contributed by atoms with van der Waals surface area (Å²) in [4.78, 5) is 29.3. The van der Waals surface area contributed by atoms with Crippen LogP contribution < -0.4 is 19.7 Å². The average molecular weight is 519 g/mol. The Morgan fingerprint density at radius 3 is 2.46 bits per heavy atom. The Morgan fingerprint density at radius 1 is 0.973 bits per heavy atom. The van der Waals surface area contributed by atoms with E-state index < -0.39 is 0 Å². The van der Waals surface area contributed by atoms with Crippen molar-refractivity contribution in [3.05, 3.63) is 59.9 Å². The lowest BCUT2D eigenvalue weighted by Gasteiger charge is -2.36. The van der Waals surface area contributed by atoms with Crippen molar-refractivity contribution in [2.75, 3.05) is 50.6 Å². The van der Waals surface area contributed by atoms with Crippen LogP contribution in [-0.4, -0.2) is 66.2 Å². The van der Waals surface area contributed by atoms with Crippen LogP contribution >= 0.6 is 11.6 Å². The highest BCUT2D eigenvalue weighted by Gasteiger charge is 2.23. The molecular formula is C27H27ClN6O3. The van der Waals surface area contributed by atoms with Crippen LogP contribution in [0.15, 0.2) is 54.9 Å². The molecular weight excluding hydrogens is 492 g/mol. The van der Waals surface area contributed by atoms with Gasteiger partial charge in [-0.2, -0.15) is 0 Å². The molecule has 0 spiro atoms. The first kappa shape index (κ1) is 24.6. The van der Waals surface area contributed by atoms with Gasteiger partial charge in [-0.25, -0.2) is 9.97 Å². The van der Waals surface area contributed by atoms with Gasteiger partial charge in [0, 0.05) is 62.4 Å². The number of ether oxygens (including phenoxy) is 2. The summed E-state index contributed by atoms with van der Waals surface area (Å²) in [5, 5.41) is 4.67. The zero-order valence-corrected chi connectivity index (χ0v) is 21.6. The highest BCUT2D eigenvalue weighted by molar-refractivity contribution is 6.33. The largest absolute Gasteiger partial charge is 0.494 e. The van der Waals surface area contributed by atoms with Gasteiger partial charge in [0.05, 0.1) is 48.0 Å². The number of para-hydroxylation sites is 1. The lowest BCUT2D eigenvalue weighted by molar-refractivity contribution is -0.129. The minimum atomic E-state index is 0.0885. The van der Waals surface area contributed by atoms with Crippen molar-refractivity contribution in [3.8, 4) is 22.8 Å². The number of nitrogens with zero attached hydrogens (tertiary/aromatic N) is 5. The second-order valence-electron chi connectivity index (χ2n) is 8.65. The molecule has 0 atom stereocenters. The zero-order chi connectivity index (χ0) is 25.9. The minimum Gasteiger partial charge on any atom is -0.494 e. The lowest BCUT2D eigenvalue weighted by atomic mass is 10.1. The van der Waals surface area contributed by atoms with Crippen molar-refractivity contribution >= 4 is 45.7 Å². The molecule has 1 amide bonds. The first-order chi connectivity index (χ1) is 18.0. The summed E-state index contributed by atoms with van der Waals surface area (Å²) in [7, 11) is 3.24. The highest BCUT2D eigenvalue weighted by atomic mass is 35.5. The number of amides is 1. The van der Waals surface area contributed by atoms with Crippen molar-refractivity contribution in [1.29, 1.82) is 0 Å². The van der Waals surface area contributed by atoms with Gasteiger partial charge < -0.3 is 24.6 Å². The summed E-state index contributed by atoms with van der Waals surface area (Å²) >= 11 is 6.47. The van der Waals surface area contributed by atoms with Gasteiger partial charge in [-0.15, -0.1) is 0 Å². The van der Waals surface area contributed by atoms with E-state index >= 15 is 0 Å². The molecule has 1 aliphatic heterocycles. The summed E-state index contributed by atoms with van der Waals surface area (Å²) in [6.45, 7) is 4.32. The van der Waals surface area contributed by atoms with Gasteiger partial charge in [0.25, 0.3) is 0 Å². The smallest absolute Gasteiger partial charge is 0.227 e. The topological polar surface area (TPSA) is 92.7 Å². The number of methoxy groups -OCH3 is 2. The molecule has 37 heavy (non-hydrogen) atoms. The molecule has 2 aromatic heterocycles. The van der Waals surface area contributed by atoms with Gasteiger partial charge in [-0.1, -0.05) is 29.8 Å². The number of carbonyl (C=O) groups is 1. The van der Waals surface area contributed by atoms with Crippen molar-refractivity contribution in [2.45, 2.75) is 6.92 Å². The molecule has 1 saturated heterocycles. The van der Waals surface area contributed by atoms with Crippen molar-refractivity contribution in [1.82, 2.24) is 19.9 Å². The van der Waals surface area contributed by atoms with Gasteiger partial charge in [0.2, 0.25) is 11.9 Å². The number of rotatable bonds is 6. The van der Waals surface area contributed by atoms with E-state index in [4.69, 9.17) is 21.1 Å². The van der Waals surface area contributed by atoms with Crippen molar-refractivity contribution in [3.63, 3.8) is 0 Å². The molecule has 2 aromatic carbocycles. The van der Waals surface area contributed by atoms with Crippen LogP contribution in [0.5, 0.6) is 11.5 Å². The number of nitrogens with one attached hydrogen (secondary N) is 1. The first-order valence-corrected chi connectivity index (χ1v) is 12.3. The van der Waals surface area contributed by atoms with Crippen LogP contribution in [-0.2, 0) is 4.79 Å². The number of aromatic nitrogens is 3. The van der Waals surface area contributed by atoms with E-state index in [-0.39, 0.29) is 5.91 Å². The number of piperazine rings is 1. The van der Waals surface area contributed by atoms with E-state index in [0.717, 1.165) is 22.2 Å². The maximum absolute atomic E-state index is 11.7. The number of hydrogen-bond donors (Lipinski definition) is 1. The van der Waals surface area contributed by atoms with E-state index in [2.05, 4.69) is 25.2 Å². The normalized spacial score (nSPS) is 13.5. The van der Waals surface area contributed by atoms with Gasteiger partial charge in [-0.3, -0.25) is 9.78 Å². The number of carbonyl (C=O) groups excluding carboxylic acids is 1. The molecule has 1 N–H and O–H groups in total. The van der Waals surface area contributed by atoms with Crippen molar-refractivity contribution < 1.29 is 14.3 Å². The van der Waals surface area contributed by atoms with Crippen LogP contribution in [0.4, 0.5) is 17.3 Å². The first-order valence-electron chi connectivity index (χ1n) is 11.9. The Labute approximate surface area is 220 Å². The quantitative estimate of drug-likeness (QED) is 0.390. The highest BCUT2D eigenvalue weighted by Crippen LogP contribution is 2.40. The van der Waals surface area contributed by atoms with Gasteiger partial charge in [0.15, 0.2) is 0 Å². The van der Waals surface area contributed by atoms with Crippen LogP contribution in [0.1, 0.15) is 6.92 Å². The predicted molar refractivity (Wildman–Crippen MR) is 145 cm³/mol. The number of pyridine rings is 1. The molecule has 0 saturated carbocycles. The van der Waals surface area contributed by atoms with E-state index in [1.54, 1.807) is 33.5 Å².